The number of nitrogens with zero attached hydrogens (tertiary/aromatic N) is 1. The smallest absolute Gasteiger partial charge is 0.249 e. The van der Waals surface area contributed by atoms with Crippen LogP contribution in [0, 0.1) is 0 Å². The molecule has 15 heavy (non-hydrogen) atoms. The molecule has 0 aliphatic rings. The zero-order valence-electron chi connectivity index (χ0n) is 7.39. The number of nitrogens with two attached hydrogens (primary N) is 1. The summed E-state index contributed by atoms with van der Waals surface area (Å²) in [7, 11) is 0. The highest BCUT2D eigenvalue weighted by Gasteiger charge is 2.26. The Labute approximate surface area is 95.4 Å². The molecule has 4 N–H and O–H groups in total. The number of primary amides is 1. The van der Waals surface area contributed by atoms with Gasteiger partial charge in [0.1, 0.15) is 11.3 Å². The van der Waals surface area contributed by atoms with Crippen LogP contribution < -0.4 is 5.73 Å². The molecule has 1 heterocycles. The van der Waals surface area contributed by atoms with Crippen LogP contribution in [-0.4, -0.2) is 27.2 Å². The van der Waals surface area contributed by atoms with Crippen LogP contribution in [0.4, 0.5) is 0 Å². The van der Waals surface area contributed by atoms with E-state index in [0.717, 1.165) is 0 Å². The molecule has 1 amide bonds. The molecule has 0 aliphatic heterocycles. The van der Waals surface area contributed by atoms with Crippen molar-refractivity contribution in [3.63, 3.8) is 0 Å². The van der Waals surface area contributed by atoms with Crippen molar-refractivity contribution in [1.29, 1.82) is 0 Å². The fourth-order valence-electron chi connectivity index (χ4n) is 0.986. The predicted molar refractivity (Wildman–Crippen MR) is 54.4 cm³/mol. The van der Waals surface area contributed by atoms with E-state index in [1.54, 1.807) is 0 Å². The van der Waals surface area contributed by atoms with Crippen molar-refractivity contribution in [3.05, 3.63) is 28.0 Å². The molecule has 1 aromatic heterocycles. The maximum Gasteiger partial charge on any atom is 0.249 e. The van der Waals surface area contributed by atoms with Crippen LogP contribution in [0.15, 0.2) is 12.3 Å². The van der Waals surface area contributed by atoms with Crippen molar-refractivity contribution in [2.45, 2.75) is 12.2 Å². The Morgan fingerprint density at radius 2 is 2.07 bits per heavy atom. The normalized spacial score (nSPS) is 14.7. The van der Waals surface area contributed by atoms with Gasteiger partial charge in [0.2, 0.25) is 5.91 Å². The molecule has 2 atom stereocenters. The van der Waals surface area contributed by atoms with Crippen LogP contribution in [0.5, 0.6) is 0 Å². The second kappa shape index (κ2) is 4.76. The Morgan fingerprint density at radius 3 is 2.60 bits per heavy atom. The number of aliphatic hydroxyl groups excluding tert-OH is 2. The lowest BCUT2D eigenvalue weighted by atomic mass is 10.1. The van der Waals surface area contributed by atoms with Crippen LogP contribution >= 0.6 is 23.2 Å². The highest BCUT2D eigenvalue weighted by atomic mass is 35.5. The molecule has 5 nitrogen and oxygen atoms in total. The van der Waals surface area contributed by atoms with Crippen LogP contribution in [0.2, 0.25) is 10.2 Å². The SMILES string of the molecule is NC(=O)C(O)C(O)c1ccnc(Cl)c1Cl. The molecule has 0 bridgehead atoms. The number of rotatable bonds is 3. The average molecular weight is 251 g/mol. The minimum Gasteiger partial charge on any atom is -0.385 e. The number of carbonyl (C=O) groups excluding carboxylic acids is 1. The van der Waals surface area contributed by atoms with E-state index in [1.807, 2.05) is 0 Å². The van der Waals surface area contributed by atoms with Gasteiger partial charge >= 0.3 is 0 Å². The summed E-state index contributed by atoms with van der Waals surface area (Å²) in [5.41, 5.74) is 4.92. The molecule has 0 aromatic carbocycles. The third-order valence-corrected chi connectivity index (χ3v) is 2.57. The minimum atomic E-state index is -1.74. The van der Waals surface area contributed by atoms with Crippen molar-refractivity contribution in [2.75, 3.05) is 0 Å². The fourth-order valence-corrected chi connectivity index (χ4v) is 1.38. The van der Waals surface area contributed by atoms with Gasteiger partial charge < -0.3 is 15.9 Å². The summed E-state index contributed by atoms with van der Waals surface area (Å²) in [6.45, 7) is 0. The van der Waals surface area contributed by atoms with E-state index in [9.17, 15) is 15.0 Å². The number of carbonyl (C=O) groups is 1. The molecule has 0 saturated heterocycles. The molecule has 0 fully saturated rings. The van der Waals surface area contributed by atoms with Gasteiger partial charge in [-0.25, -0.2) is 4.98 Å². The Balaban J connectivity index is 3.06. The first-order chi connectivity index (χ1) is 6.95. The Bertz CT molecular complexity index is 386. The molecule has 82 valence electrons. The summed E-state index contributed by atoms with van der Waals surface area (Å²) < 4.78 is 0. The van der Waals surface area contributed by atoms with E-state index in [-0.39, 0.29) is 15.7 Å². The van der Waals surface area contributed by atoms with E-state index < -0.39 is 18.1 Å². The average Bonchev–Trinajstić information content (AvgIpc) is 2.20. The second-order valence-corrected chi connectivity index (χ2v) is 3.53. The standard InChI is InChI=1S/C8H8Cl2N2O3/c9-4-3(1-2-12-7(4)10)5(13)6(14)8(11)15/h1-2,5-6,13-14H,(H2,11,15). The topological polar surface area (TPSA) is 96.4 Å². The molecule has 0 radical (unpaired) electrons. The molecule has 0 saturated carbocycles. The number of pyridine rings is 1. The molecule has 2 unspecified atom stereocenters. The van der Waals surface area contributed by atoms with E-state index in [1.165, 1.54) is 12.3 Å². The monoisotopic (exact) mass is 250 g/mol. The molecular weight excluding hydrogens is 243 g/mol. The summed E-state index contributed by atoms with van der Waals surface area (Å²) in [5.74, 6) is -1.05. The molecule has 0 aliphatic carbocycles. The number of halogens is 2. The second-order valence-electron chi connectivity index (χ2n) is 2.80. The minimum absolute atomic E-state index is 0.0213. The summed E-state index contributed by atoms with van der Waals surface area (Å²) in [6.07, 6.45) is -1.96. The molecular formula is C8H8Cl2N2O3. The lowest BCUT2D eigenvalue weighted by Crippen LogP contribution is -2.34. The van der Waals surface area contributed by atoms with Crippen molar-refractivity contribution in [1.82, 2.24) is 4.98 Å². The van der Waals surface area contributed by atoms with Gasteiger partial charge in [0.05, 0.1) is 5.02 Å². The van der Waals surface area contributed by atoms with E-state index in [2.05, 4.69) is 4.98 Å². The van der Waals surface area contributed by atoms with Gasteiger partial charge in [0.15, 0.2) is 6.10 Å². The lowest BCUT2D eigenvalue weighted by molar-refractivity contribution is -0.131. The van der Waals surface area contributed by atoms with Gasteiger partial charge in [0.25, 0.3) is 0 Å². The van der Waals surface area contributed by atoms with Gasteiger partial charge in [-0.15, -0.1) is 0 Å². The fraction of sp³-hybridized carbons (Fsp3) is 0.250. The first-order valence-corrected chi connectivity index (χ1v) is 4.66. The van der Waals surface area contributed by atoms with Crippen LogP contribution in [0.25, 0.3) is 0 Å². The number of aliphatic hydroxyl groups is 2. The van der Waals surface area contributed by atoms with Gasteiger partial charge in [-0.1, -0.05) is 23.2 Å². The Hall–Kier alpha value is -0.880. The molecule has 1 aromatic rings. The lowest BCUT2D eigenvalue weighted by Gasteiger charge is -2.16. The van der Waals surface area contributed by atoms with E-state index >= 15 is 0 Å². The van der Waals surface area contributed by atoms with Crippen molar-refractivity contribution in [3.8, 4) is 0 Å². The van der Waals surface area contributed by atoms with Gasteiger partial charge in [-0.3, -0.25) is 4.79 Å². The van der Waals surface area contributed by atoms with E-state index in [0.29, 0.717) is 0 Å². The molecule has 1 rings (SSSR count). The predicted octanol–water partition coefficient (Wildman–Crippen LogP) is 0.268. The van der Waals surface area contributed by atoms with Crippen LogP contribution in [0.3, 0.4) is 0 Å². The first-order valence-electron chi connectivity index (χ1n) is 3.90. The van der Waals surface area contributed by atoms with Gasteiger partial charge in [-0.2, -0.15) is 0 Å². The van der Waals surface area contributed by atoms with Gasteiger partial charge in [-0.05, 0) is 6.07 Å². The van der Waals surface area contributed by atoms with Crippen molar-refractivity contribution < 1.29 is 15.0 Å². The number of aromatic nitrogens is 1. The number of hydrogen-bond donors (Lipinski definition) is 3. The largest absolute Gasteiger partial charge is 0.385 e. The summed E-state index contributed by atoms with van der Waals surface area (Å²) in [6, 6.07) is 1.34. The van der Waals surface area contributed by atoms with Crippen LogP contribution in [0.1, 0.15) is 11.7 Å². The zero-order valence-corrected chi connectivity index (χ0v) is 8.90. The van der Waals surface area contributed by atoms with Crippen LogP contribution in [-0.2, 0) is 4.79 Å². The Kier molecular flexibility index (Phi) is 3.87. The maximum atomic E-state index is 10.6. The summed E-state index contributed by atoms with van der Waals surface area (Å²) in [4.78, 5) is 14.3. The zero-order chi connectivity index (χ0) is 11.6. The number of amides is 1. The summed E-state index contributed by atoms with van der Waals surface area (Å²) in [5, 5.41) is 18.7. The summed E-state index contributed by atoms with van der Waals surface area (Å²) >= 11 is 11.3. The molecule has 0 spiro atoms. The van der Waals surface area contributed by atoms with Crippen molar-refractivity contribution in [2.24, 2.45) is 5.73 Å². The third kappa shape index (κ3) is 2.57. The Morgan fingerprint density at radius 1 is 1.47 bits per heavy atom. The first kappa shape index (κ1) is 12.2. The molecule has 7 heteroatoms. The number of hydrogen-bond acceptors (Lipinski definition) is 4. The third-order valence-electron chi connectivity index (χ3n) is 1.79. The highest BCUT2D eigenvalue weighted by molar-refractivity contribution is 6.41. The van der Waals surface area contributed by atoms with Crippen molar-refractivity contribution >= 4 is 29.1 Å². The highest BCUT2D eigenvalue weighted by Crippen LogP contribution is 2.29. The van der Waals surface area contributed by atoms with Gasteiger partial charge in [0, 0.05) is 11.8 Å². The quantitative estimate of drug-likeness (QED) is 0.671. The van der Waals surface area contributed by atoms with E-state index in [4.69, 9.17) is 28.9 Å². The maximum absolute atomic E-state index is 10.6.